The normalized spacial score (nSPS) is 18.6. The third kappa shape index (κ3) is 2.85. The molecule has 0 aliphatic carbocycles. The first-order chi connectivity index (χ1) is 8.58. The molecule has 0 unspecified atom stereocenters. The number of amides is 1. The fourth-order valence-electron chi connectivity index (χ4n) is 1.85. The van der Waals surface area contributed by atoms with Gasteiger partial charge in [-0.15, -0.1) is 0 Å². The molecule has 1 atom stereocenters. The Hall–Kier alpha value is -1.47. The van der Waals surface area contributed by atoms with Crippen LogP contribution >= 0.6 is 15.9 Å². The summed E-state index contributed by atoms with van der Waals surface area (Å²) >= 11 is 3.26. The van der Waals surface area contributed by atoms with Crippen molar-refractivity contribution < 1.29 is 9.72 Å². The molecular weight excluding hydrogens is 302 g/mol. The molecule has 1 aliphatic rings. The minimum absolute atomic E-state index is 0.0483. The summed E-state index contributed by atoms with van der Waals surface area (Å²) in [7, 11) is 0. The molecule has 0 saturated carbocycles. The standard InChI is InChI=1S/C11H12BrN3O3/c12-8-4-3-7(15(17)18)6-10(8)14-11(16)9-2-1-5-13-9/h3-4,6,9,13H,1-2,5H2,(H,14,16)/t9-/m1/s1. The van der Waals surface area contributed by atoms with Crippen molar-refractivity contribution >= 4 is 33.2 Å². The summed E-state index contributed by atoms with van der Waals surface area (Å²) in [5, 5.41) is 16.4. The van der Waals surface area contributed by atoms with E-state index in [-0.39, 0.29) is 17.6 Å². The molecule has 2 N–H and O–H groups in total. The van der Waals surface area contributed by atoms with Crippen LogP contribution in [0.5, 0.6) is 0 Å². The third-order valence-electron chi connectivity index (χ3n) is 2.80. The van der Waals surface area contributed by atoms with Gasteiger partial charge in [0.25, 0.3) is 5.69 Å². The van der Waals surface area contributed by atoms with Gasteiger partial charge in [-0.05, 0) is 41.4 Å². The number of non-ortho nitro benzene ring substituents is 1. The van der Waals surface area contributed by atoms with E-state index in [0.717, 1.165) is 19.4 Å². The second-order valence-corrected chi connectivity index (χ2v) is 4.91. The van der Waals surface area contributed by atoms with Crippen LogP contribution < -0.4 is 10.6 Å². The summed E-state index contributed by atoms with van der Waals surface area (Å²) in [4.78, 5) is 22.1. The molecule has 0 aromatic heterocycles. The first-order valence-electron chi connectivity index (χ1n) is 5.56. The van der Waals surface area contributed by atoms with E-state index in [0.29, 0.717) is 10.2 Å². The quantitative estimate of drug-likeness (QED) is 0.660. The number of carbonyl (C=O) groups excluding carboxylic acids is 1. The van der Waals surface area contributed by atoms with Crippen LogP contribution in [-0.2, 0) is 4.79 Å². The fraction of sp³-hybridized carbons (Fsp3) is 0.364. The van der Waals surface area contributed by atoms with Gasteiger partial charge in [-0.25, -0.2) is 0 Å². The molecule has 1 aromatic rings. The van der Waals surface area contributed by atoms with E-state index < -0.39 is 4.92 Å². The van der Waals surface area contributed by atoms with Gasteiger partial charge < -0.3 is 10.6 Å². The molecule has 0 spiro atoms. The van der Waals surface area contributed by atoms with Crippen LogP contribution in [0, 0.1) is 10.1 Å². The number of hydrogen-bond acceptors (Lipinski definition) is 4. The van der Waals surface area contributed by atoms with Gasteiger partial charge in [0.2, 0.25) is 5.91 Å². The van der Waals surface area contributed by atoms with E-state index in [2.05, 4.69) is 26.6 Å². The lowest BCUT2D eigenvalue weighted by atomic mass is 10.2. The van der Waals surface area contributed by atoms with Crippen molar-refractivity contribution in [2.24, 2.45) is 0 Å². The minimum atomic E-state index is -0.490. The average molecular weight is 314 g/mol. The molecule has 1 saturated heterocycles. The Labute approximate surface area is 112 Å². The van der Waals surface area contributed by atoms with Crippen molar-refractivity contribution in [1.82, 2.24) is 5.32 Å². The first kappa shape index (κ1) is 13.0. The van der Waals surface area contributed by atoms with Crippen LogP contribution in [-0.4, -0.2) is 23.4 Å². The number of anilines is 1. The largest absolute Gasteiger partial charge is 0.323 e. The van der Waals surface area contributed by atoms with Crippen LogP contribution in [0.3, 0.4) is 0 Å². The summed E-state index contributed by atoms with van der Waals surface area (Å²) < 4.78 is 0.624. The molecule has 1 aromatic carbocycles. The Morgan fingerprint density at radius 1 is 1.56 bits per heavy atom. The second kappa shape index (κ2) is 5.45. The molecule has 0 radical (unpaired) electrons. The molecule has 2 rings (SSSR count). The maximum atomic E-state index is 11.9. The van der Waals surface area contributed by atoms with Gasteiger partial charge in [0, 0.05) is 16.6 Å². The molecule has 0 bridgehead atoms. The van der Waals surface area contributed by atoms with E-state index in [1.165, 1.54) is 12.1 Å². The van der Waals surface area contributed by atoms with E-state index in [1.54, 1.807) is 6.07 Å². The maximum absolute atomic E-state index is 11.9. The number of hydrogen-bond donors (Lipinski definition) is 2. The molecular formula is C11H12BrN3O3. The summed E-state index contributed by atoms with van der Waals surface area (Å²) in [6.07, 6.45) is 1.76. The Bertz CT molecular complexity index is 486. The molecule has 1 heterocycles. The van der Waals surface area contributed by atoms with E-state index >= 15 is 0 Å². The summed E-state index contributed by atoms with van der Waals surface area (Å²) in [6.45, 7) is 0.828. The Morgan fingerprint density at radius 2 is 2.33 bits per heavy atom. The molecule has 1 amide bonds. The van der Waals surface area contributed by atoms with Crippen LogP contribution in [0.4, 0.5) is 11.4 Å². The summed E-state index contributed by atoms with van der Waals surface area (Å²) in [5.74, 6) is -0.159. The topological polar surface area (TPSA) is 84.3 Å². The number of nitrogens with one attached hydrogen (secondary N) is 2. The van der Waals surface area contributed by atoms with Crippen LogP contribution in [0.15, 0.2) is 22.7 Å². The zero-order chi connectivity index (χ0) is 13.1. The molecule has 1 fully saturated rings. The molecule has 18 heavy (non-hydrogen) atoms. The van der Waals surface area contributed by atoms with Crippen molar-refractivity contribution in [3.05, 3.63) is 32.8 Å². The second-order valence-electron chi connectivity index (χ2n) is 4.06. The molecule has 96 valence electrons. The number of nitrogens with zero attached hydrogens (tertiary/aromatic N) is 1. The molecule has 1 aliphatic heterocycles. The molecule has 7 heteroatoms. The highest BCUT2D eigenvalue weighted by atomic mass is 79.9. The number of benzene rings is 1. The predicted molar refractivity (Wildman–Crippen MR) is 70.5 cm³/mol. The van der Waals surface area contributed by atoms with Crippen molar-refractivity contribution in [2.75, 3.05) is 11.9 Å². The first-order valence-corrected chi connectivity index (χ1v) is 6.35. The Balaban J connectivity index is 2.14. The van der Waals surface area contributed by atoms with Gasteiger partial charge in [0.05, 0.1) is 16.7 Å². The van der Waals surface area contributed by atoms with Crippen molar-refractivity contribution in [2.45, 2.75) is 18.9 Å². The van der Waals surface area contributed by atoms with Crippen molar-refractivity contribution in [1.29, 1.82) is 0 Å². The SMILES string of the molecule is O=C(Nc1cc([N+](=O)[O-])ccc1Br)[C@H]1CCCN1. The lowest BCUT2D eigenvalue weighted by molar-refractivity contribution is -0.384. The monoisotopic (exact) mass is 313 g/mol. The lowest BCUT2D eigenvalue weighted by Crippen LogP contribution is -2.35. The Morgan fingerprint density at radius 3 is 2.94 bits per heavy atom. The lowest BCUT2D eigenvalue weighted by Gasteiger charge is -2.12. The van der Waals surface area contributed by atoms with Crippen LogP contribution in [0.25, 0.3) is 0 Å². The predicted octanol–water partition coefficient (Wildman–Crippen LogP) is 2.05. The molecule has 6 nitrogen and oxygen atoms in total. The minimum Gasteiger partial charge on any atom is -0.323 e. The number of carbonyl (C=O) groups is 1. The van der Waals surface area contributed by atoms with Gasteiger partial charge in [0.15, 0.2) is 0 Å². The van der Waals surface area contributed by atoms with Gasteiger partial charge in [-0.3, -0.25) is 14.9 Å². The zero-order valence-corrected chi connectivity index (χ0v) is 11.1. The van der Waals surface area contributed by atoms with E-state index in [4.69, 9.17) is 0 Å². The number of nitro groups is 1. The smallest absolute Gasteiger partial charge is 0.271 e. The summed E-state index contributed by atoms with van der Waals surface area (Å²) in [5.41, 5.74) is 0.371. The highest BCUT2D eigenvalue weighted by Gasteiger charge is 2.23. The van der Waals surface area contributed by atoms with Gasteiger partial charge in [0.1, 0.15) is 0 Å². The fourth-order valence-corrected chi connectivity index (χ4v) is 2.20. The number of rotatable bonds is 3. The Kier molecular flexibility index (Phi) is 3.93. The average Bonchev–Trinajstić information content (AvgIpc) is 2.85. The third-order valence-corrected chi connectivity index (χ3v) is 3.49. The highest BCUT2D eigenvalue weighted by Crippen LogP contribution is 2.27. The van der Waals surface area contributed by atoms with Crippen molar-refractivity contribution in [3.63, 3.8) is 0 Å². The number of halogens is 1. The zero-order valence-electron chi connectivity index (χ0n) is 9.48. The van der Waals surface area contributed by atoms with Crippen LogP contribution in [0.1, 0.15) is 12.8 Å². The highest BCUT2D eigenvalue weighted by molar-refractivity contribution is 9.10. The van der Waals surface area contributed by atoms with E-state index in [9.17, 15) is 14.9 Å². The van der Waals surface area contributed by atoms with Crippen molar-refractivity contribution in [3.8, 4) is 0 Å². The summed E-state index contributed by atoms with van der Waals surface area (Å²) in [6, 6.07) is 4.07. The van der Waals surface area contributed by atoms with Gasteiger partial charge >= 0.3 is 0 Å². The maximum Gasteiger partial charge on any atom is 0.271 e. The van der Waals surface area contributed by atoms with Gasteiger partial charge in [-0.1, -0.05) is 0 Å². The van der Waals surface area contributed by atoms with Gasteiger partial charge in [-0.2, -0.15) is 0 Å². The number of nitro benzene ring substituents is 1. The van der Waals surface area contributed by atoms with E-state index in [1.807, 2.05) is 0 Å². The van der Waals surface area contributed by atoms with Crippen LogP contribution in [0.2, 0.25) is 0 Å².